The molecule has 42 heavy (non-hydrogen) atoms. The fraction of sp³-hybridized carbons (Fsp3) is 0.375. The van der Waals surface area contributed by atoms with Crippen LogP contribution >= 0.6 is 0 Å². The molecule has 0 bridgehead atoms. The number of hydrogen-bond acceptors (Lipinski definition) is 6. The summed E-state index contributed by atoms with van der Waals surface area (Å²) in [6.45, 7) is 3.96. The number of rotatable bonds is 17. The summed E-state index contributed by atoms with van der Waals surface area (Å²) in [7, 11) is -3.80. The minimum Gasteiger partial charge on any atom is -0.387 e. The number of aliphatic hydroxyl groups is 1. The Morgan fingerprint density at radius 2 is 1.67 bits per heavy atom. The lowest BCUT2D eigenvalue weighted by Gasteiger charge is -2.12. The van der Waals surface area contributed by atoms with Gasteiger partial charge in [0.25, 0.3) is 10.0 Å². The number of aromatic nitrogens is 3. The Bertz CT molecular complexity index is 1530. The first-order valence-corrected chi connectivity index (χ1v) is 16.1. The standard InChI is InChI=1S/C32H41N5O4S/c1-2-3-4-5-6-7-21-36-22-23-37(32(36)39)29-14-16-30(17-15-29)42(40,41)35-28-12-10-26(11-13-28)18-20-34-25-31(38)27-9-8-19-33-24-27/h8-17,19,22-24,31,34-35,38H,2-7,18,20-21,25H2,1H3/t31-/m0/s1. The number of pyridine rings is 1. The molecule has 0 amide bonds. The van der Waals surface area contributed by atoms with Crippen LogP contribution in [0.4, 0.5) is 5.69 Å². The van der Waals surface area contributed by atoms with Crippen LogP contribution in [0.15, 0.2) is 95.1 Å². The van der Waals surface area contributed by atoms with Gasteiger partial charge in [-0.05, 0) is 67.4 Å². The van der Waals surface area contributed by atoms with Crippen molar-refractivity contribution in [2.75, 3.05) is 17.8 Å². The second-order valence-corrected chi connectivity index (χ2v) is 12.1. The third kappa shape index (κ3) is 8.88. The van der Waals surface area contributed by atoms with E-state index in [9.17, 15) is 18.3 Å². The van der Waals surface area contributed by atoms with Crippen LogP contribution in [0, 0.1) is 0 Å². The highest BCUT2D eigenvalue weighted by Crippen LogP contribution is 2.19. The van der Waals surface area contributed by atoms with Crippen LogP contribution in [0.2, 0.25) is 0 Å². The molecule has 0 spiro atoms. The quantitative estimate of drug-likeness (QED) is 0.148. The topological polar surface area (TPSA) is 118 Å². The number of nitrogens with one attached hydrogen (secondary N) is 2. The van der Waals surface area contributed by atoms with Gasteiger partial charge in [0.1, 0.15) is 0 Å². The molecule has 0 aliphatic heterocycles. The number of hydrogen-bond donors (Lipinski definition) is 3. The van der Waals surface area contributed by atoms with Crippen LogP contribution in [-0.2, 0) is 23.0 Å². The van der Waals surface area contributed by atoms with E-state index >= 15 is 0 Å². The van der Waals surface area contributed by atoms with Crippen molar-refractivity contribution in [3.05, 3.63) is 107 Å². The van der Waals surface area contributed by atoms with Crippen LogP contribution in [0.25, 0.3) is 5.69 Å². The third-order valence-corrected chi connectivity index (χ3v) is 8.63. The lowest BCUT2D eigenvalue weighted by atomic mass is 10.1. The van der Waals surface area contributed by atoms with E-state index < -0.39 is 16.1 Å². The largest absolute Gasteiger partial charge is 0.387 e. The minimum atomic E-state index is -3.80. The SMILES string of the molecule is CCCCCCCCn1ccn(-c2ccc(S(=O)(=O)Nc3ccc(CCNC[C@H](O)c4cccnc4)cc3)cc2)c1=O. The lowest BCUT2D eigenvalue weighted by Crippen LogP contribution is -2.23. The van der Waals surface area contributed by atoms with Crippen molar-refractivity contribution < 1.29 is 13.5 Å². The number of aryl methyl sites for hydroxylation is 1. The predicted molar refractivity (Wildman–Crippen MR) is 166 cm³/mol. The Morgan fingerprint density at radius 3 is 2.38 bits per heavy atom. The summed E-state index contributed by atoms with van der Waals surface area (Å²) in [6.07, 6.45) is 13.9. The van der Waals surface area contributed by atoms with E-state index in [0.717, 1.165) is 30.4 Å². The molecule has 1 atom stereocenters. The number of imidazole rings is 1. The molecule has 0 saturated heterocycles. The minimum absolute atomic E-state index is 0.117. The summed E-state index contributed by atoms with van der Waals surface area (Å²) in [4.78, 5) is 17.0. The van der Waals surface area contributed by atoms with E-state index in [1.807, 2.05) is 18.2 Å². The molecule has 224 valence electrons. The molecular weight excluding hydrogens is 550 g/mol. The van der Waals surface area contributed by atoms with E-state index in [1.54, 1.807) is 59.7 Å². The van der Waals surface area contributed by atoms with Crippen molar-refractivity contribution in [1.29, 1.82) is 0 Å². The molecule has 0 fully saturated rings. The molecule has 4 rings (SSSR count). The molecule has 0 aliphatic rings. The molecule has 10 heteroatoms. The van der Waals surface area contributed by atoms with E-state index in [2.05, 4.69) is 21.9 Å². The van der Waals surface area contributed by atoms with Gasteiger partial charge in [-0.2, -0.15) is 0 Å². The molecule has 0 radical (unpaired) electrons. The molecule has 3 N–H and O–H groups in total. The van der Waals surface area contributed by atoms with Crippen LogP contribution in [0.5, 0.6) is 0 Å². The van der Waals surface area contributed by atoms with Crippen molar-refractivity contribution in [3.63, 3.8) is 0 Å². The Hall–Kier alpha value is -3.73. The van der Waals surface area contributed by atoms with Gasteiger partial charge in [-0.25, -0.2) is 13.2 Å². The first kappa shape index (κ1) is 31.2. The maximum Gasteiger partial charge on any atom is 0.332 e. The monoisotopic (exact) mass is 591 g/mol. The van der Waals surface area contributed by atoms with Crippen molar-refractivity contribution >= 4 is 15.7 Å². The molecule has 9 nitrogen and oxygen atoms in total. The second-order valence-electron chi connectivity index (χ2n) is 10.5. The number of anilines is 1. The van der Waals surface area contributed by atoms with Gasteiger partial charge in [-0.3, -0.25) is 18.8 Å². The first-order chi connectivity index (χ1) is 20.4. The zero-order chi connectivity index (χ0) is 29.8. The Kier molecular flexibility index (Phi) is 11.5. The highest BCUT2D eigenvalue weighted by atomic mass is 32.2. The zero-order valence-corrected chi connectivity index (χ0v) is 25.0. The van der Waals surface area contributed by atoms with Gasteiger partial charge < -0.3 is 10.4 Å². The van der Waals surface area contributed by atoms with Crippen LogP contribution < -0.4 is 15.7 Å². The van der Waals surface area contributed by atoms with Crippen molar-refractivity contribution in [3.8, 4) is 5.69 Å². The number of sulfonamides is 1. The molecule has 2 aromatic heterocycles. The van der Waals surface area contributed by atoms with Crippen molar-refractivity contribution in [2.45, 2.75) is 69.4 Å². The van der Waals surface area contributed by atoms with Gasteiger partial charge in [0.2, 0.25) is 0 Å². The van der Waals surface area contributed by atoms with Crippen LogP contribution in [-0.4, -0.2) is 40.7 Å². The summed E-state index contributed by atoms with van der Waals surface area (Å²) in [5.41, 5.74) is 2.76. The predicted octanol–water partition coefficient (Wildman–Crippen LogP) is 5.06. The van der Waals surface area contributed by atoms with E-state index in [1.165, 1.54) is 42.4 Å². The molecule has 0 saturated carbocycles. The fourth-order valence-electron chi connectivity index (χ4n) is 4.74. The highest BCUT2D eigenvalue weighted by molar-refractivity contribution is 7.92. The Balaban J connectivity index is 1.26. The molecule has 2 heterocycles. The average Bonchev–Trinajstić information content (AvgIpc) is 3.38. The molecular formula is C32H41N5O4S. The first-order valence-electron chi connectivity index (χ1n) is 14.7. The molecule has 0 aliphatic carbocycles. The van der Waals surface area contributed by atoms with Crippen LogP contribution in [0.3, 0.4) is 0 Å². The van der Waals surface area contributed by atoms with E-state index in [-0.39, 0.29) is 10.6 Å². The van der Waals surface area contributed by atoms with Gasteiger partial charge in [0.05, 0.1) is 16.7 Å². The number of benzene rings is 2. The summed E-state index contributed by atoms with van der Waals surface area (Å²) < 4.78 is 31.8. The zero-order valence-electron chi connectivity index (χ0n) is 24.2. The maximum atomic E-state index is 13.0. The van der Waals surface area contributed by atoms with Crippen LogP contribution in [0.1, 0.15) is 62.7 Å². The van der Waals surface area contributed by atoms with Gasteiger partial charge in [-0.1, -0.05) is 57.2 Å². The Labute approximate surface area is 248 Å². The summed E-state index contributed by atoms with van der Waals surface area (Å²) in [5, 5.41) is 13.4. The lowest BCUT2D eigenvalue weighted by molar-refractivity contribution is 0.174. The number of aliphatic hydroxyl groups excluding tert-OH is 1. The molecule has 4 aromatic rings. The van der Waals surface area contributed by atoms with Gasteiger partial charge in [0.15, 0.2) is 0 Å². The molecule has 2 aromatic carbocycles. The smallest absolute Gasteiger partial charge is 0.332 e. The Morgan fingerprint density at radius 1 is 0.929 bits per heavy atom. The molecule has 0 unspecified atom stereocenters. The fourth-order valence-corrected chi connectivity index (χ4v) is 5.80. The summed E-state index contributed by atoms with van der Waals surface area (Å²) in [6, 6.07) is 17.2. The third-order valence-electron chi connectivity index (χ3n) is 7.23. The normalized spacial score (nSPS) is 12.3. The summed E-state index contributed by atoms with van der Waals surface area (Å²) >= 11 is 0. The highest BCUT2D eigenvalue weighted by Gasteiger charge is 2.15. The van der Waals surface area contributed by atoms with E-state index in [4.69, 9.17) is 0 Å². The maximum absolute atomic E-state index is 13.0. The van der Waals surface area contributed by atoms with Crippen molar-refractivity contribution in [2.24, 2.45) is 0 Å². The number of nitrogens with zero attached hydrogens (tertiary/aromatic N) is 3. The van der Waals surface area contributed by atoms with Crippen molar-refractivity contribution in [1.82, 2.24) is 19.4 Å². The average molecular weight is 592 g/mol. The van der Waals surface area contributed by atoms with Gasteiger partial charge >= 0.3 is 5.69 Å². The van der Waals surface area contributed by atoms with E-state index in [0.29, 0.717) is 31.0 Å². The number of unbranched alkanes of at least 4 members (excludes halogenated alkanes) is 5. The second kappa shape index (κ2) is 15.5. The summed E-state index contributed by atoms with van der Waals surface area (Å²) in [5.74, 6) is 0. The van der Waals surface area contributed by atoms with Gasteiger partial charge in [-0.15, -0.1) is 0 Å². The van der Waals surface area contributed by atoms with Gasteiger partial charge in [0, 0.05) is 49.1 Å².